The fourth-order valence-electron chi connectivity index (χ4n) is 0.129. The molecule has 1 atom stereocenters. The van der Waals surface area contributed by atoms with Gasteiger partial charge < -0.3 is 0 Å². The first-order valence-corrected chi connectivity index (χ1v) is 1.98. The molecule has 0 rings (SSSR count). The quantitative estimate of drug-likeness (QED) is 0.218. The standard InChI is InChI=1S/C4H7N3/c1-3-4(2)6-7-5/h3-4H,1H2,2H3. The van der Waals surface area contributed by atoms with E-state index < -0.39 is 0 Å². The van der Waals surface area contributed by atoms with Crippen molar-refractivity contribution in [3.05, 3.63) is 23.1 Å². The van der Waals surface area contributed by atoms with Crippen LogP contribution in [0.5, 0.6) is 0 Å². The Labute approximate surface area is 42.3 Å². The Balaban J connectivity index is 3.56. The Morgan fingerprint density at radius 1 is 2.00 bits per heavy atom. The maximum absolute atomic E-state index is 7.78. The third-order valence-electron chi connectivity index (χ3n) is 0.575. The Bertz CT molecular complexity index is 102. The van der Waals surface area contributed by atoms with Gasteiger partial charge in [0.1, 0.15) is 0 Å². The minimum Gasteiger partial charge on any atom is -0.103 e. The highest BCUT2D eigenvalue weighted by Crippen LogP contribution is 1.87. The van der Waals surface area contributed by atoms with Gasteiger partial charge in [0.15, 0.2) is 0 Å². The van der Waals surface area contributed by atoms with Gasteiger partial charge in [0.2, 0.25) is 0 Å². The van der Waals surface area contributed by atoms with E-state index in [0.29, 0.717) is 0 Å². The van der Waals surface area contributed by atoms with Crippen molar-refractivity contribution in [2.45, 2.75) is 13.0 Å². The van der Waals surface area contributed by atoms with Gasteiger partial charge in [-0.15, -0.1) is 6.58 Å². The molecule has 0 saturated heterocycles. The van der Waals surface area contributed by atoms with Crippen LogP contribution in [0.3, 0.4) is 0 Å². The maximum Gasteiger partial charge on any atom is 0.0524 e. The van der Waals surface area contributed by atoms with E-state index in [0.717, 1.165) is 0 Å². The summed E-state index contributed by atoms with van der Waals surface area (Å²) in [5, 5.41) is 3.31. The summed E-state index contributed by atoms with van der Waals surface area (Å²) < 4.78 is 0. The topological polar surface area (TPSA) is 48.8 Å². The lowest BCUT2D eigenvalue weighted by Crippen LogP contribution is -1.84. The minimum atomic E-state index is -0.0787. The van der Waals surface area contributed by atoms with Gasteiger partial charge in [0.05, 0.1) is 6.04 Å². The first kappa shape index (κ1) is 6.05. The third kappa shape index (κ3) is 2.86. The fraction of sp³-hybridized carbons (Fsp3) is 0.500. The molecule has 0 radical (unpaired) electrons. The fourth-order valence-corrected chi connectivity index (χ4v) is 0.129. The van der Waals surface area contributed by atoms with Gasteiger partial charge in [0, 0.05) is 4.91 Å². The summed E-state index contributed by atoms with van der Waals surface area (Å²) in [4.78, 5) is 2.56. The summed E-state index contributed by atoms with van der Waals surface area (Å²) in [6, 6.07) is -0.0787. The van der Waals surface area contributed by atoms with Crippen LogP contribution < -0.4 is 0 Å². The molecule has 0 fully saturated rings. The van der Waals surface area contributed by atoms with Gasteiger partial charge in [-0.25, -0.2) is 0 Å². The van der Waals surface area contributed by atoms with E-state index in [1.807, 2.05) is 0 Å². The smallest absolute Gasteiger partial charge is 0.0524 e. The van der Waals surface area contributed by atoms with Gasteiger partial charge in [-0.05, 0) is 5.53 Å². The van der Waals surface area contributed by atoms with Crippen LogP contribution in [-0.2, 0) is 0 Å². The van der Waals surface area contributed by atoms with Crippen molar-refractivity contribution in [2.75, 3.05) is 0 Å². The van der Waals surface area contributed by atoms with Gasteiger partial charge in [-0.2, -0.15) is 0 Å². The highest BCUT2D eigenvalue weighted by atomic mass is 15.1. The minimum absolute atomic E-state index is 0.0787. The molecule has 38 valence electrons. The van der Waals surface area contributed by atoms with Gasteiger partial charge in [-0.3, -0.25) is 0 Å². The molecule has 0 amide bonds. The second kappa shape index (κ2) is 3.25. The molecule has 0 N–H and O–H groups in total. The van der Waals surface area contributed by atoms with Crippen molar-refractivity contribution in [1.82, 2.24) is 0 Å². The van der Waals surface area contributed by atoms with Crippen LogP contribution in [0.25, 0.3) is 10.4 Å². The monoisotopic (exact) mass is 97.1 g/mol. The predicted molar refractivity (Wildman–Crippen MR) is 28.8 cm³/mol. The molecular weight excluding hydrogens is 90.1 g/mol. The molecule has 0 aliphatic carbocycles. The zero-order valence-electron chi connectivity index (χ0n) is 4.20. The highest BCUT2D eigenvalue weighted by Gasteiger charge is 1.83. The molecule has 7 heavy (non-hydrogen) atoms. The molecule has 3 heteroatoms. The molecule has 3 nitrogen and oxygen atoms in total. The zero-order valence-corrected chi connectivity index (χ0v) is 4.20. The first-order chi connectivity index (χ1) is 3.31. The molecule has 0 aromatic heterocycles. The molecule has 1 unspecified atom stereocenters. The van der Waals surface area contributed by atoms with E-state index in [1.54, 1.807) is 13.0 Å². The molecule has 0 saturated carbocycles. The van der Waals surface area contributed by atoms with E-state index >= 15 is 0 Å². The van der Waals surface area contributed by atoms with E-state index in [2.05, 4.69) is 16.6 Å². The summed E-state index contributed by atoms with van der Waals surface area (Å²) in [5.74, 6) is 0. The molecule has 0 aliphatic rings. The average Bonchev–Trinajstić information content (AvgIpc) is 1.68. The second-order valence-corrected chi connectivity index (χ2v) is 1.18. The Morgan fingerprint density at radius 3 is 2.71 bits per heavy atom. The lowest BCUT2D eigenvalue weighted by atomic mass is 10.4. The number of hydrogen-bond donors (Lipinski definition) is 0. The predicted octanol–water partition coefficient (Wildman–Crippen LogP) is 1.87. The van der Waals surface area contributed by atoms with E-state index in [1.165, 1.54) is 0 Å². The normalized spacial score (nSPS) is 11.6. The Morgan fingerprint density at radius 2 is 2.57 bits per heavy atom. The Kier molecular flexibility index (Phi) is 2.81. The van der Waals surface area contributed by atoms with Crippen LogP contribution in [0, 0.1) is 0 Å². The van der Waals surface area contributed by atoms with Crippen molar-refractivity contribution in [3.63, 3.8) is 0 Å². The lowest BCUT2D eigenvalue weighted by molar-refractivity contribution is 0.914. The van der Waals surface area contributed by atoms with Crippen molar-refractivity contribution in [3.8, 4) is 0 Å². The Hall–Kier alpha value is -0.950. The van der Waals surface area contributed by atoms with Crippen molar-refractivity contribution in [2.24, 2.45) is 5.11 Å². The molecular formula is C4H7N3. The number of hydrogen-bond acceptors (Lipinski definition) is 1. The average molecular weight is 97.1 g/mol. The first-order valence-electron chi connectivity index (χ1n) is 1.98. The van der Waals surface area contributed by atoms with Crippen LogP contribution in [0.15, 0.2) is 17.8 Å². The van der Waals surface area contributed by atoms with Crippen LogP contribution in [-0.4, -0.2) is 6.04 Å². The molecule has 0 bridgehead atoms. The molecule has 0 aromatic carbocycles. The highest BCUT2D eigenvalue weighted by molar-refractivity contribution is 4.80. The maximum atomic E-state index is 7.78. The van der Waals surface area contributed by atoms with E-state index in [9.17, 15) is 0 Å². The van der Waals surface area contributed by atoms with Gasteiger partial charge in [0.25, 0.3) is 0 Å². The van der Waals surface area contributed by atoms with Gasteiger partial charge in [-0.1, -0.05) is 18.1 Å². The summed E-state index contributed by atoms with van der Waals surface area (Å²) >= 11 is 0. The molecule has 0 aromatic rings. The van der Waals surface area contributed by atoms with E-state index in [4.69, 9.17) is 5.53 Å². The second-order valence-electron chi connectivity index (χ2n) is 1.18. The van der Waals surface area contributed by atoms with Crippen LogP contribution >= 0.6 is 0 Å². The van der Waals surface area contributed by atoms with Crippen LogP contribution in [0.1, 0.15) is 6.92 Å². The van der Waals surface area contributed by atoms with Crippen molar-refractivity contribution >= 4 is 0 Å². The van der Waals surface area contributed by atoms with Crippen LogP contribution in [0.4, 0.5) is 0 Å². The van der Waals surface area contributed by atoms with E-state index in [-0.39, 0.29) is 6.04 Å². The summed E-state index contributed by atoms with van der Waals surface area (Å²) in [6.45, 7) is 5.18. The van der Waals surface area contributed by atoms with Crippen LogP contribution in [0.2, 0.25) is 0 Å². The van der Waals surface area contributed by atoms with Gasteiger partial charge >= 0.3 is 0 Å². The zero-order chi connectivity index (χ0) is 5.70. The number of nitrogens with zero attached hydrogens (tertiary/aromatic N) is 3. The number of rotatable bonds is 2. The SMILES string of the molecule is C=CC(C)N=[N+]=[N-]. The van der Waals surface area contributed by atoms with Crippen molar-refractivity contribution < 1.29 is 0 Å². The lowest BCUT2D eigenvalue weighted by Gasteiger charge is -1.86. The summed E-state index contributed by atoms with van der Waals surface area (Å²) in [7, 11) is 0. The number of azide groups is 1. The van der Waals surface area contributed by atoms with Crippen molar-refractivity contribution in [1.29, 1.82) is 0 Å². The molecule has 0 heterocycles. The molecule has 0 spiro atoms. The summed E-state index contributed by atoms with van der Waals surface area (Å²) in [6.07, 6.45) is 1.58. The third-order valence-corrected chi connectivity index (χ3v) is 0.575. The largest absolute Gasteiger partial charge is 0.103 e. The molecule has 0 aliphatic heterocycles. The summed E-state index contributed by atoms with van der Waals surface area (Å²) in [5.41, 5.74) is 7.78.